The number of carbonyl (C=O) groups excluding carboxylic acids is 1. The van der Waals surface area contributed by atoms with Crippen molar-refractivity contribution in [2.24, 2.45) is 5.41 Å². The molecule has 1 aliphatic rings. The minimum atomic E-state index is -0.548. The van der Waals surface area contributed by atoms with Crippen LogP contribution in [-0.2, 0) is 6.42 Å². The Bertz CT molecular complexity index is 535. The number of amides is 1. The molecular formula is C16H25NO3. The highest BCUT2D eigenvalue weighted by atomic mass is 16.4. The minimum absolute atomic E-state index is 0.00547. The van der Waals surface area contributed by atoms with Crippen molar-refractivity contribution in [3.05, 3.63) is 22.6 Å². The van der Waals surface area contributed by atoms with E-state index in [1.807, 2.05) is 27.7 Å². The van der Waals surface area contributed by atoms with Gasteiger partial charge in [-0.2, -0.15) is 0 Å². The largest absolute Gasteiger partial charge is 0.455 e. The van der Waals surface area contributed by atoms with E-state index < -0.39 is 6.10 Å². The Balaban J connectivity index is 2.38. The highest BCUT2D eigenvalue weighted by Gasteiger charge is 2.37. The lowest BCUT2D eigenvalue weighted by atomic mass is 9.75. The molecule has 1 unspecified atom stereocenters. The highest BCUT2D eigenvalue weighted by molar-refractivity contribution is 5.93. The molecule has 0 bridgehead atoms. The van der Waals surface area contributed by atoms with Crippen LogP contribution in [0, 0.1) is 12.3 Å². The molecule has 112 valence electrons. The molecule has 4 nitrogen and oxygen atoms in total. The zero-order chi connectivity index (χ0) is 15.3. The summed E-state index contributed by atoms with van der Waals surface area (Å²) in [7, 11) is 0. The monoisotopic (exact) mass is 279 g/mol. The van der Waals surface area contributed by atoms with Gasteiger partial charge in [0.15, 0.2) is 5.76 Å². The number of furan rings is 1. The van der Waals surface area contributed by atoms with Gasteiger partial charge in [0.05, 0.1) is 6.10 Å². The van der Waals surface area contributed by atoms with Crippen LogP contribution in [0.3, 0.4) is 0 Å². The number of fused-ring (bicyclic) bond motifs is 1. The van der Waals surface area contributed by atoms with E-state index in [1.54, 1.807) is 0 Å². The van der Waals surface area contributed by atoms with Crippen molar-refractivity contribution < 1.29 is 14.3 Å². The molecule has 0 saturated heterocycles. The molecule has 0 spiro atoms. The standard InChI is InChI=1S/C16H25NO3/c1-9-12-10(18)7-16(5,6)8-11(12)20-13(9)14(19)17-15(2,3)4/h10,18H,7-8H2,1-6H3,(H,17,19). The lowest BCUT2D eigenvalue weighted by Gasteiger charge is -2.31. The van der Waals surface area contributed by atoms with E-state index in [-0.39, 0.29) is 16.9 Å². The van der Waals surface area contributed by atoms with Gasteiger partial charge in [0.25, 0.3) is 5.91 Å². The average Bonchev–Trinajstić information content (AvgIpc) is 2.50. The fourth-order valence-corrected chi connectivity index (χ4v) is 2.90. The molecule has 0 aromatic carbocycles. The van der Waals surface area contributed by atoms with Gasteiger partial charge in [0.2, 0.25) is 0 Å². The Kier molecular flexibility index (Phi) is 3.49. The fourth-order valence-electron chi connectivity index (χ4n) is 2.90. The molecule has 0 radical (unpaired) electrons. The van der Waals surface area contributed by atoms with E-state index in [9.17, 15) is 9.90 Å². The summed E-state index contributed by atoms with van der Waals surface area (Å²) >= 11 is 0. The zero-order valence-electron chi connectivity index (χ0n) is 13.3. The average molecular weight is 279 g/mol. The van der Waals surface area contributed by atoms with E-state index in [1.165, 1.54) is 0 Å². The predicted molar refractivity (Wildman–Crippen MR) is 77.7 cm³/mol. The van der Waals surface area contributed by atoms with E-state index in [2.05, 4.69) is 19.2 Å². The van der Waals surface area contributed by atoms with Gasteiger partial charge in [-0.3, -0.25) is 4.79 Å². The highest BCUT2D eigenvalue weighted by Crippen LogP contribution is 2.43. The van der Waals surface area contributed by atoms with Crippen LogP contribution in [0.25, 0.3) is 0 Å². The Hall–Kier alpha value is -1.29. The van der Waals surface area contributed by atoms with Crippen LogP contribution in [0.15, 0.2) is 4.42 Å². The van der Waals surface area contributed by atoms with E-state index in [0.29, 0.717) is 12.2 Å². The topological polar surface area (TPSA) is 62.5 Å². The smallest absolute Gasteiger partial charge is 0.287 e. The molecule has 4 heteroatoms. The van der Waals surface area contributed by atoms with E-state index in [4.69, 9.17) is 4.42 Å². The molecule has 1 aromatic rings. The molecule has 1 aliphatic carbocycles. The second-order valence-corrected chi connectivity index (χ2v) is 7.66. The molecule has 2 N–H and O–H groups in total. The number of aliphatic hydroxyl groups is 1. The Morgan fingerprint density at radius 1 is 1.40 bits per heavy atom. The first-order valence-corrected chi connectivity index (χ1v) is 7.13. The predicted octanol–water partition coefficient (Wildman–Crippen LogP) is 3.12. The van der Waals surface area contributed by atoms with Gasteiger partial charge in [-0.05, 0) is 39.5 Å². The second kappa shape index (κ2) is 4.62. The van der Waals surface area contributed by atoms with Crippen LogP contribution in [0.2, 0.25) is 0 Å². The Morgan fingerprint density at radius 3 is 2.55 bits per heavy atom. The molecule has 0 fully saturated rings. The molecule has 1 heterocycles. The quantitative estimate of drug-likeness (QED) is 0.830. The van der Waals surface area contributed by atoms with Crippen molar-refractivity contribution in [2.75, 3.05) is 0 Å². The summed E-state index contributed by atoms with van der Waals surface area (Å²) in [6.07, 6.45) is 0.901. The van der Waals surface area contributed by atoms with Crippen molar-refractivity contribution in [1.29, 1.82) is 0 Å². The normalized spacial score (nSPS) is 21.4. The summed E-state index contributed by atoms with van der Waals surface area (Å²) in [5.74, 6) is 0.876. The molecule has 2 rings (SSSR count). The Labute approximate surface area is 120 Å². The summed E-state index contributed by atoms with van der Waals surface area (Å²) < 4.78 is 5.78. The third-order valence-corrected chi connectivity index (χ3v) is 3.68. The number of hydrogen-bond acceptors (Lipinski definition) is 3. The van der Waals surface area contributed by atoms with Crippen LogP contribution >= 0.6 is 0 Å². The number of hydrogen-bond donors (Lipinski definition) is 2. The van der Waals surface area contributed by atoms with Crippen LogP contribution in [-0.4, -0.2) is 16.6 Å². The maximum Gasteiger partial charge on any atom is 0.287 e. The molecule has 1 amide bonds. The fraction of sp³-hybridized carbons (Fsp3) is 0.688. The first-order valence-electron chi connectivity index (χ1n) is 7.13. The summed E-state index contributed by atoms with van der Waals surface area (Å²) in [6, 6.07) is 0. The van der Waals surface area contributed by atoms with Crippen LogP contribution < -0.4 is 5.32 Å². The van der Waals surface area contributed by atoms with Gasteiger partial charge in [0.1, 0.15) is 5.76 Å². The second-order valence-electron chi connectivity index (χ2n) is 7.66. The third-order valence-electron chi connectivity index (χ3n) is 3.68. The Morgan fingerprint density at radius 2 is 2.00 bits per heavy atom. The van der Waals surface area contributed by atoms with Crippen molar-refractivity contribution in [3.63, 3.8) is 0 Å². The lowest BCUT2D eigenvalue weighted by molar-refractivity contribution is 0.0862. The van der Waals surface area contributed by atoms with Gasteiger partial charge < -0.3 is 14.8 Å². The number of rotatable bonds is 1. The van der Waals surface area contributed by atoms with Crippen molar-refractivity contribution in [2.45, 2.75) is 66.0 Å². The van der Waals surface area contributed by atoms with E-state index >= 15 is 0 Å². The first-order chi connectivity index (χ1) is 9.00. The first kappa shape index (κ1) is 15.1. The summed E-state index contributed by atoms with van der Waals surface area (Å²) in [4.78, 5) is 12.3. The van der Waals surface area contributed by atoms with Crippen molar-refractivity contribution >= 4 is 5.91 Å². The van der Waals surface area contributed by atoms with Crippen molar-refractivity contribution in [3.8, 4) is 0 Å². The zero-order valence-corrected chi connectivity index (χ0v) is 13.3. The SMILES string of the molecule is Cc1c(C(=O)NC(C)(C)C)oc2c1C(O)CC(C)(C)C2. The maximum absolute atomic E-state index is 12.3. The van der Waals surface area contributed by atoms with Crippen molar-refractivity contribution in [1.82, 2.24) is 5.32 Å². The summed E-state index contributed by atoms with van der Waals surface area (Å²) in [6.45, 7) is 11.8. The van der Waals surface area contributed by atoms with Crippen LogP contribution in [0.1, 0.15) is 74.6 Å². The van der Waals surface area contributed by atoms with Crippen LogP contribution in [0.4, 0.5) is 0 Å². The number of carbonyl (C=O) groups is 1. The third kappa shape index (κ3) is 2.90. The number of nitrogens with one attached hydrogen (secondary N) is 1. The van der Waals surface area contributed by atoms with Gasteiger partial charge in [0, 0.05) is 23.1 Å². The van der Waals surface area contributed by atoms with Crippen LogP contribution in [0.5, 0.6) is 0 Å². The molecule has 0 aliphatic heterocycles. The maximum atomic E-state index is 12.3. The molecule has 0 saturated carbocycles. The lowest BCUT2D eigenvalue weighted by Crippen LogP contribution is -2.40. The van der Waals surface area contributed by atoms with E-state index in [0.717, 1.165) is 23.3 Å². The molecule has 1 atom stereocenters. The van der Waals surface area contributed by atoms with Gasteiger partial charge in [-0.15, -0.1) is 0 Å². The summed E-state index contributed by atoms with van der Waals surface area (Å²) in [5, 5.41) is 13.2. The number of aliphatic hydroxyl groups excluding tert-OH is 1. The molecular weight excluding hydrogens is 254 g/mol. The minimum Gasteiger partial charge on any atom is -0.455 e. The summed E-state index contributed by atoms with van der Waals surface area (Å²) in [5.41, 5.74) is 1.26. The molecule has 20 heavy (non-hydrogen) atoms. The van der Waals surface area contributed by atoms with Gasteiger partial charge >= 0.3 is 0 Å². The van der Waals surface area contributed by atoms with Gasteiger partial charge in [-0.25, -0.2) is 0 Å². The van der Waals surface area contributed by atoms with Gasteiger partial charge in [-0.1, -0.05) is 13.8 Å². The molecule has 1 aromatic heterocycles.